The van der Waals surface area contributed by atoms with Crippen molar-refractivity contribution in [3.63, 3.8) is 0 Å². The summed E-state index contributed by atoms with van der Waals surface area (Å²) >= 11 is 5.39. The maximum absolute atomic E-state index is 13.7. The third kappa shape index (κ3) is 3.11. The van der Waals surface area contributed by atoms with Crippen molar-refractivity contribution in [1.82, 2.24) is 9.97 Å². The first-order valence-corrected chi connectivity index (χ1v) is 8.01. The van der Waals surface area contributed by atoms with Crippen molar-refractivity contribution >= 4 is 44.3 Å². The molecule has 6 heteroatoms. The molecule has 0 bridgehead atoms. The number of rotatable bonds is 3. The summed E-state index contributed by atoms with van der Waals surface area (Å²) in [5.41, 5.74) is 1.63. The molecule has 20 heavy (non-hydrogen) atoms. The Labute approximate surface area is 139 Å². The first-order valence-electron chi connectivity index (χ1n) is 6.14. The summed E-state index contributed by atoms with van der Waals surface area (Å²) in [6.07, 6.45) is 0. The van der Waals surface area contributed by atoms with E-state index in [4.69, 9.17) is 0 Å². The highest BCUT2D eigenvalue weighted by Gasteiger charge is 2.15. The van der Waals surface area contributed by atoms with E-state index >= 15 is 0 Å². The van der Waals surface area contributed by atoms with Crippen LogP contribution in [0.5, 0.6) is 0 Å². The van der Waals surface area contributed by atoms with Gasteiger partial charge in [0.1, 0.15) is 11.6 Å². The molecule has 0 atom stereocenters. The minimum atomic E-state index is -0.318. The fourth-order valence-corrected chi connectivity index (χ4v) is 3.16. The lowest BCUT2D eigenvalue weighted by atomic mass is 10.1. The summed E-state index contributed by atoms with van der Waals surface area (Å²) in [5.74, 6) is 1.25. The van der Waals surface area contributed by atoms with Crippen molar-refractivity contribution in [3.05, 3.63) is 37.8 Å². The maximum atomic E-state index is 13.7. The van der Waals surface area contributed by atoms with Crippen molar-refractivity contribution < 1.29 is 4.39 Å². The SMILES string of the molecule is CNc1nc(-c2ccc(Br)c(F)c2)nc(C(C)C)c1I. The van der Waals surface area contributed by atoms with E-state index in [9.17, 15) is 4.39 Å². The normalized spacial score (nSPS) is 10.9. The standard InChI is InChI=1S/C14H14BrFIN3/c1-7(2)12-11(17)14(18-3)20-13(19-12)8-4-5-9(15)10(16)6-8/h4-7H,1-3H3,(H,18,19,20). The van der Waals surface area contributed by atoms with E-state index in [2.05, 4.69) is 67.7 Å². The van der Waals surface area contributed by atoms with Crippen molar-refractivity contribution in [1.29, 1.82) is 0 Å². The molecule has 0 amide bonds. The van der Waals surface area contributed by atoms with Crippen molar-refractivity contribution in [2.45, 2.75) is 19.8 Å². The summed E-state index contributed by atoms with van der Waals surface area (Å²) in [6, 6.07) is 4.91. The number of nitrogens with one attached hydrogen (secondary N) is 1. The highest BCUT2D eigenvalue weighted by molar-refractivity contribution is 14.1. The number of halogens is 3. The maximum Gasteiger partial charge on any atom is 0.161 e. The molecule has 1 aromatic carbocycles. The molecule has 0 aliphatic carbocycles. The molecule has 2 aromatic rings. The summed E-state index contributed by atoms with van der Waals surface area (Å²) in [5, 5.41) is 3.07. The molecule has 1 aromatic heterocycles. The van der Waals surface area contributed by atoms with Gasteiger partial charge in [0.25, 0.3) is 0 Å². The van der Waals surface area contributed by atoms with Crippen LogP contribution in [0.4, 0.5) is 10.2 Å². The van der Waals surface area contributed by atoms with Crippen molar-refractivity contribution in [2.24, 2.45) is 0 Å². The van der Waals surface area contributed by atoms with Crippen LogP contribution in [0.2, 0.25) is 0 Å². The Morgan fingerprint density at radius 2 is 2.00 bits per heavy atom. The van der Waals surface area contributed by atoms with Gasteiger partial charge in [0, 0.05) is 12.6 Å². The number of hydrogen-bond donors (Lipinski definition) is 1. The van der Waals surface area contributed by atoms with Gasteiger partial charge >= 0.3 is 0 Å². The first kappa shape index (κ1) is 15.6. The van der Waals surface area contributed by atoms with Gasteiger partial charge in [0.05, 0.1) is 13.7 Å². The Balaban J connectivity index is 2.61. The van der Waals surface area contributed by atoms with Crippen LogP contribution in [-0.4, -0.2) is 17.0 Å². The quantitative estimate of drug-likeness (QED) is 0.683. The van der Waals surface area contributed by atoms with E-state index in [0.29, 0.717) is 15.9 Å². The fourth-order valence-electron chi connectivity index (χ4n) is 1.78. The van der Waals surface area contributed by atoms with E-state index in [-0.39, 0.29) is 11.7 Å². The lowest BCUT2D eigenvalue weighted by molar-refractivity contribution is 0.621. The molecule has 1 heterocycles. The second-order valence-electron chi connectivity index (χ2n) is 4.63. The summed E-state index contributed by atoms with van der Waals surface area (Å²) in [7, 11) is 1.82. The third-order valence-corrected chi connectivity index (χ3v) is 4.54. The zero-order valence-electron chi connectivity index (χ0n) is 11.3. The molecule has 0 radical (unpaired) electrons. The fraction of sp³-hybridized carbons (Fsp3) is 0.286. The molecule has 0 spiro atoms. The van der Waals surface area contributed by atoms with E-state index in [0.717, 1.165) is 15.1 Å². The smallest absolute Gasteiger partial charge is 0.161 e. The van der Waals surface area contributed by atoms with Gasteiger partial charge in [-0.2, -0.15) is 0 Å². The lowest BCUT2D eigenvalue weighted by Gasteiger charge is -2.13. The topological polar surface area (TPSA) is 37.8 Å². The van der Waals surface area contributed by atoms with Gasteiger partial charge in [-0.15, -0.1) is 0 Å². The molecule has 0 aliphatic rings. The molecular weight excluding hydrogens is 436 g/mol. The predicted octanol–water partition coefficient (Wildman–Crippen LogP) is 4.81. The summed E-state index contributed by atoms with van der Waals surface area (Å²) in [6.45, 7) is 4.16. The Bertz CT molecular complexity index is 647. The number of aromatic nitrogens is 2. The lowest BCUT2D eigenvalue weighted by Crippen LogP contribution is -2.06. The second kappa shape index (κ2) is 6.34. The molecule has 0 aliphatic heterocycles. The Morgan fingerprint density at radius 1 is 1.30 bits per heavy atom. The van der Waals surface area contributed by atoms with Crippen LogP contribution < -0.4 is 5.32 Å². The molecule has 1 N–H and O–H groups in total. The van der Waals surface area contributed by atoms with Crippen LogP contribution in [0, 0.1) is 9.39 Å². The van der Waals surface area contributed by atoms with Crippen molar-refractivity contribution in [3.8, 4) is 11.4 Å². The molecule has 2 rings (SSSR count). The van der Waals surface area contributed by atoms with Crippen LogP contribution in [0.3, 0.4) is 0 Å². The highest BCUT2D eigenvalue weighted by atomic mass is 127. The highest BCUT2D eigenvalue weighted by Crippen LogP contribution is 2.29. The molecule has 0 saturated heterocycles. The van der Waals surface area contributed by atoms with Gasteiger partial charge in [-0.25, -0.2) is 14.4 Å². The average Bonchev–Trinajstić information content (AvgIpc) is 2.42. The number of anilines is 1. The zero-order valence-corrected chi connectivity index (χ0v) is 15.1. The molecular formula is C14H14BrFIN3. The second-order valence-corrected chi connectivity index (χ2v) is 6.56. The average molecular weight is 450 g/mol. The molecule has 0 unspecified atom stereocenters. The Kier molecular flexibility index (Phi) is 4.95. The van der Waals surface area contributed by atoms with E-state index in [1.807, 2.05) is 7.05 Å². The van der Waals surface area contributed by atoms with Crippen LogP contribution in [0.15, 0.2) is 22.7 Å². The number of nitrogens with zero attached hydrogens (tertiary/aromatic N) is 2. The van der Waals surface area contributed by atoms with Crippen LogP contribution in [0.25, 0.3) is 11.4 Å². The largest absolute Gasteiger partial charge is 0.372 e. The van der Waals surface area contributed by atoms with Crippen LogP contribution in [-0.2, 0) is 0 Å². The monoisotopic (exact) mass is 449 g/mol. The molecule has 3 nitrogen and oxygen atoms in total. The van der Waals surface area contributed by atoms with E-state index in [1.54, 1.807) is 12.1 Å². The van der Waals surface area contributed by atoms with Gasteiger partial charge in [0.2, 0.25) is 0 Å². The van der Waals surface area contributed by atoms with E-state index < -0.39 is 0 Å². The first-order chi connectivity index (χ1) is 9.43. The molecule has 0 saturated carbocycles. The summed E-state index contributed by atoms with van der Waals surface area (Å²) in [4.78, 5) is 9.04. The third-order valence-electron chi connectivity index (χ3n) is 2.84. The minimum absolute atomic E-state index is 0.274. The number of hydrogen-bond acceptors (Lipinski definition) is 3. The number of benzene rings is 1. The zero-order chi connectivity index (χ0) is 14.9. The Hall–Kier alpha value is -0.760. The van der Waals surface area contributed by atoms with Crippen LogP contribution >= 0.6 is 38.5 Å². The van der Waals surface area contributed by atoms with Gasteiger partial charge in [0.15, 0.2) is 5.82 Å². The molecule has 106 valence electrons. The van der Waals surface area contributed by atoms with E-state index in [1.165, 1.54) is 6.07 Å². The van der Waals surface area contributed by atoms with Gasteiger partial charge in [-0.3, -0.25) is 0 Å². The van der Waals surface area contributed by atoms with Gasteiger partial charge in [-0.1, -0.05) is 13.8 Å². The Morgan fingerprint density at radius 3 is 2.55 bits per heavy atom. The van der Waals surface area contributed by atoms with Gasteiger partial charge in [-0.05, 0) is 62.6 Å². The minimum Gasteiger partial charge on any atom is -0.372 e. The van der Waals surface area contributed by atoms with Crippen LogP contribution in [0.1, 0.15) is 25.5 Å². The van der Waals surface area contributed by atoms with Gasteiger partial charge < -0.3 is 5.32 Å². The molecule has 0 fully saturated rings. The van der Waals surface area contributed by atoms with Crippen molar-refractivity contribution in [2.75, 3.05) is 12.4 Å². The summed E-state index contributed by atoms with van der Waals surface area (Å²) < 4.78 is 15.1. The predicted molar refractivity (Wildman–Crippen MR) is 91.5 cm³/mol.